The molecule has 0 spiro atoms. The molecule has 0 aromatic heterocycles. The van der Waals surface area contributed by atoms with Crippen molar-refractivity contribution in [2.45, 2.75) is 12.0 Å². The molecule has 1 saturated heterocycles. The lowest BCUT2D eigenvalue weighted by Crippen LogP contribution is -2.62. The molecule has 2 aliphatic heterocycles. The number of carbonyl (C=O) groups excluding carboxylic acids is 1. The first-order chi connectivity index (χ1) is 9.65. The van der Waals surface area contributed by atoms with E-state index in [1.54, 1.807) is 30.0 Å². The first-order valence-electron chi connectivity index (χ1n) is 6.69. The van der Waals surface area contributed by atoms with Crippen molar-refractivity contribution in [1.82, 2.24) is 10.2 Å². The summed E-state index contributed by atoms with van der Waals surface area (Å²) in [5.41, 5.74) is 0.457. The summed E-state index contributed by atoms with van der Waals surface area (Å²) in [7, 11) is 0. The molecule has 0 amide bonds. The standard InChI is InChI=1S/C15H17FN2OS.ClH/c1-20-14-8-13(19)15(10-17-6-7-18(14)15)9-11-2-4-12(16)5-3-11;/h2-5,8,17H,6-7,9-10H2,1H3;1H. The highest BCUT2D eigenvalue weighted by atomic mass is 35.5. The molecule has 0 bridgehead atoms. The Bertz CT molecular complexity index is 563. The second-order valence-corrected chi connectivity index (χ2v) is 6.04. The molecule has 0 saturated carbocycles. The van der Waals surface area contributed by atoms with Crippen LogP contribution in [0.15, 0.2) is 35.4 Å². The molecule has 1 fully saturated rings. The van der Waals surface area contributed by atoms with Crippen LogP contribution in [0.5, 0.6) is 0 Å². The van der Waals surface area contributed by atoms with Crippen molar-refractivity contribution < 1.29 is 9.18 Å². The van der Waals surface area contributed by atoms with Gasteiger partial charge in [-0.3, -0.25) is 4.79 Å². The molecule has 1 N–H and O–H groups in total. The molecule has 21 heavy (non-hydrogen) atoms. The van der Waals surface area contributed by atoms with Gasteiger partial charge in [0.2, 0.25) is 0 Å². The Hall–Kier alpha value is -1.04. The third-order valence-corrected chi connectivity index (χ3v) is 4.80. The van der Waals surface area contributed by atoms with E-state index in [1.165, 1.54) is 12.1 Å². The number of fused-ring (bicyclic) bond motifs is 1. The lowest BCUT2D eigenvalue weighted by molar-refractivity contribution is -0.123. The first-order valence-corrected chi connectivity index (χ1v) is 7.91. The molecule has 1 aromatic carbocycles. The van der Waals surface area contributed by atoms with Gasteiger partial charge in [-0.1, -0.05) is 12.1 Å². The normalized spacial score (nSPS) is 24.4. The van der Waals surface area contributed by atoms with E-state index in [4.69, 9.17) is 0 Å². The van der Waals surface area contributed by atoms with Crippen LogP contribution in [0.3, 0.4) is 0 Å². The van der Waals surface area contributed by atoms with Crippen LogP contribution in [0.1, 0.15) is 5.56 Å². The minimum absolute atomic E-state index is 0. The zero-order valence-electron chi connectivity index (χ0n) is 11.8. The van der Waals surface area contributed by atoms with Crippen molar-refractivity contribution in [3.63, 3.8) is 0 Å². The van der Waals surface area contributed by atoms with E-state index >= 15 is 0 Å². The highest BCUT2D eigenvalue weighted by molar-refractivity contribution is 8.02. The van der Waals surface area contributed by atoms with Crippen LogP contribution in [0.25, 0.3) is 0 Å². The summed E-state index contributed by atoms with van der Waals surface area (Å²) in [6.07, 6.45) is 4.36. The van der Waals surface area contributed by atoms with Gasteiger partial charge in [0.15, 0.2) is 5.78 Å². The predicted molar refractivity (Wildman–Crippen MR) is 86.3 cm³/mol. The molecule has 114 valence electrons. The fraction of sp³-hybridized carbons (Fsp3) is 0.400. The molecule has 2 heterocycles. The maximum absolute atomic E-state index is 13.0. The summed E-state index contributed by atoms with van der Waals surface area (Å²) >= 11 is 1.61. The van der Waals surface area contributed by atoms with Crippen molar-refractivity contribution in [3.05, 3.63) is 46.8 Å². The zero-order chi connectivity index (χ0) is 14.2. The quantitative estimate of drug-likeness (QED) is 0.922. The molecule has 3 nitrogen and oxygen atoms in total. The number of ketones is 1. The van der Waals surface area contributed by atoms with Crippen molar-refractivity contribution in [1.29, 1.82) is 0 Å². The molecule has 1 aromatic rings. The smallest absolute Gasteiger partial charge is 0.185 e. The van der Waals surface area contributed by atoms with Gasteiger partial charge in [-0.15, -0.1) is 24.2 Å². The lowest BCUT2D eigenvalue weighted by atomic mass is 9.85. The number of hydrogen-bond donors (Lipinski definition) is 1. The maximum Gasteiger partial charge on any atom is 0.185 e. The van der Waals surface area contributed by atoms with Crippen LogP contribution >= 0.6 is 24.2 Å². The minimum atomic E-state index is -0.533. The van der Waals surface area contributed by atoms with E-state index in [1.807, 2.05) is 6.26 Å². The van der Waals surface area contributed by atoms with E-state index in [0.29, 0.717) is 13.0 Å². The number of benzene rings is 1. The van der Waals surface area contributed by atoms with Crippen molar-refractivity contribution in [2.24, 2.45) is 0 Å². The summed E-state index contributed by atoms with van der Waals surface area (Å²) in [6, 6.07) is 6.44. The van der Waals surface area contributed by atoms with Crippen molar-refractivity contribution in [2.75, 3.05) is 25.9 Å². The van der Waals surface area contributed by atoms with Gasteiger partial charge in [0.1, 0.15) is 11.4 Å². The van der Waals surface area contributed by atoms with Gasteiger partial charge in [0, 0.05) is 32.1 Å². The fourth-order valence-corrected chi connectivity index (χ4v) is 3.73. The highest BCUT2D eigenvalue weighted by Crippen LogP contribution is 2.37. The van der Waals surface area contributed by atoms with Crippen LogP contribution in [-0.4, -0.2) is 42.1 Å². The van der Waals surface area contributed by atoms with Gasteiger partial charge >= 0.3 is 0 Å². The number of halogens is 2. The molecular weight excluding hydrogens is 311 g/mol. The molecule has 3 rings (SSSR count). The lowest BCUT2D eigenvalue weighted by Gasteiger charge is -2.44. The van der Waals surface area contributed by atoms with Crippen molar-refractivity contribution in [3.8, 4) is 0 Å². The van der Waals surface area contributed by atoms with Gasteiger partial charge in [-0.05, 0) is 24.0 Å². The average molecular weight is 329 g/mol. The van der Waals surface area contributed by atoms with E-state index in [9.17, 15) is 9.18 Å². The number of hydrogen-bond acceptors (Lipinski definition) is 4. The molecule has 1 unspecified atom stereocenters. The largest absolute Gasteiger partial charge is 0.350 e. The van der Waals surface area contributed by atoms with Crippen LogP contribution in [0.2, 0.25) is 0 Å². The molecular formula is C15H18ClFN2OS. The Morgan fingerprint density at radius 3 is 2.76 bits per heavy atom. The van der Waals surface area contributed by atoms with Gasteiger partial charge < -0.3 is 10.2 Å². The van der Waals surface area contributed by atoms with E-state index in [0.717, 1.165) is 23.7 Å². The Morgan fingerprint density at radius 2 is 2.10 bits per heavy atom. The van der Waals surface area contributed by atoms with Crippen molar-refractivity contribution >= 4 is 30.0 Å². The van der Waals surface area contributed by atoms with Gasteiger partial charge in [-0.25, -0.2) is 4.39 Å². The van der Waals surface area contributed by atoms with Crippen LogP contribution in [0, 0.1) is 5.82 Å². The van der Waals surface area contributed by atoms with E-state index < -0.39 is 5.54 Å². The second-order valence-electron chi connectivity index (χ2n) is 5.21. The summed E-state index contributed by atoms with van der Waals surface area (Å²) in [6.45, 7) is 2.36. The molecule has 0 radical (unpaired) electrons. The summed E-state index contributed by atoms with van der Waals surface area (Å²) in [4.78, 5) is 14.7. The number of thioether (sulfide) groups is 1. The minimum Gasteiger partial charge on any atom is -0.350 e. The Morgan fingerprint density at radius 1 is 1.38 bits per heavy atom. The van der Waals surface area contributed by atoms with Gasteiger partial charge in [0.05, 0.1) is 5.03 Å². The third kappa shape index (κ3) is 2.82. The summed E-state index contributed by atoms with van der Waals surface area (Å²) < 4.78 is 13.0. The van der Waals surface area contributed by atoms with Crippen LogP contribution < -0.4 is 5.32 Å². The number of nitrogens with one attached hydrogen (secondary N) is 1. The number of carbonyl (C=O) groups is 1. The zero-order valence-corrected chi connectivity index (χ0v) is 13.4. The van der Waals surface area contributed by atoms with Crippen LogP contribution in [0.4, 0.5) is 4.39 Å². The third-order valence-electron chi connectivity index (χ3n) is 4.04. The van der Waals surface area contributed by atoms with Crippen LogP contribution in [-0.2, 0) is 11.2 Å². The summed E-state index contributed by atoms with van der Waals surface area (Å²) in [5, 5.41) is 4.36. The number of nitrogens with zero attached hydrogens (tertiary/aromatic N) is 1. The molecule has 0 aliphatic carbocycles. The van der Waals surface area contributed by atoms with Gasteiger partial charge in [-0.2, -0.15) is 0 Å². The Labute approximate surface area is 134 Å². The topological polar surface area (TPSA) is 32.3 Å². The predicted octanol–water partition coefficient (Wildman–Crippen LogP) is 2.22. The highest BCUT2D eigenvalue weighted by Gasteiger charge is 2.49. The van der Waals surface area contributed by atoms with Gasteiger partial charge in [0.25, 0.3) is 0 Å². The SMILES string of the molecule is CSC1=CC(=O)C2(Cc3ccc(F)cc3)CNCCN12.Cl. The molecule has 2 aliphatic rings. The Balaban J connectivity index is 0.00000161. The second kappa shape index (κ2) is 6.38. The average Bonchev–Trinajstić information content (AvgIpc) is 2.75. The maximum atomic E-state index is 13.0. The monoisotopic (exact) mass is 328 g/mol. The number of piperazine rings is 1. The number of rotatable bonds is 3. The molecule has 1 atom stereocenters. The fourth-order valence-electron chi connectivity index (χ4n) is 3.02. The molecule has 6 heteroatoms. The van der Waals surface area contributed by atoms with E-state index in [-0.39, 0.29) is 24.0 Å². The first kappa shape index (κ1) is 16.3. The summed E-state index contributed by atoms with van der Waals surface area (Å²) in [5.74, 6) is -0.0936. The van der Waals surface area contributed by atoms with E-state index in [2.05, 4.69) is 10.2 Å². The Kier molecular flexibility index (Phi) is 4.96.